The molecule has 3 rings (SSSR count). The van der Waals surface area contributed by atoms with Crippen molar-refractivity contribution in [3.63, 3.8) is 0 Å². The van der Waals surface area contributed by atoms with Gasteiger partial charge >= 0.3 is 0 Å². The first-order valence-electron chi connectivity index (χ1n) is 5.76. The SMILES string of the molecule is Fc1ccc(-c2nc(C3CCCN3)no2)c(Cl)c1. The van der Waals surface area contributed by atoms with Crippen LogP contribution >= 0.6 is 11.6 Å². The van der Waals surface area contributed by atoms with Gasteiger partial charge in [-0.3, -0.25) is 0 Å². The summed E-state index contributed by atoms with van der Waals surface area (Å²) in [5, 5.41) is 7.49. The van der Waals surface area contributed by atoms with Crippen molar-refractivity contribution in [3.05, 3.63) is 34.9 Å². The van der Waals surface area contributed by atoms with Gasteiger partial charge in [-0.05, 0) is 37.6 Å². The van der Waals surface area contributed by atoms with Crippen LogP contribution in [0, 0.1) is 5.82 Å². The monoisotopic (exact) mass is 267 g/mol. The summed E-state index contributed by atoms with van der Waals surface area (Å²) in [5.41, 5.74) is 0.551. The van der Waals surface area contributed by atoms with E-state index in [1.54, 1.807) is 0 Å². The molecule has 0 spiro atoms. The summed E-state index contributed by atoms with van der Waals surface area (Å²) < 4.78 is 18.1. The number of benzene rings is 1. The highest BCUT2D eigenvalue weighted by molar-refractivity contribution is 6.33. The summed E-state index contributed by atoms with van der Waals surface area (Å²) in [4.78, 5) is 4.31. The first-order chi connectivity index (χ1) is 8.74. The van der Waals surface area contributed by atoms with Crippen LogP contribution in [0.4, 0.5) is 4.39 Å². The van der Waals surface area contributed by atoms with Gasteiger partial charge in [-0.1, -0.05) is 16.8 Å². The Hall–Kier alpha value is -1.46. The van der Waals surface area contributed by atoms with Crippen molar-refractivity contribution in [1.29, 1.82) is 0 Å². The van der Waals surface area contributed by atoms with Crippen molar-refractivity contribution < 1.29 is 8.91 Å². The van der Waals surface area contributed by atoms with Crippen LogP contribution in [0.15, 0.2) is 22.7 Å². The Bertz CT molecular complexity index is 566. The quantitative estimate of drug-likeness (QED) is 0.909. The van der Waals surface area contributed by atoms with Crippen molar-refractivity contribution in [1.82, 2.24) is 15.5 Å². The average Bonchev–Trinajstić information content (AvgIpc) is 2.99. The van der Waals surface area contributed by atoms with Gasteiger partial charge in [-0.25, -0.2) is 4.39 Å². The first-order valence-corrected chi connectivity index (χ1v) is 6.14. The van der Waals surface area contributed by atoms with Crippen LogP contribution in [0.2, 0.25) is 5.02 Å². The fourth-order valence-electron chi connectivity index (χ4n) is 2.05. The molecule has 4 nitrogen and oxygen atoms in total. The van der Waals surface area contributed by atoms with Crippen LogP contribution in [0.5, 0.6) is 0 Å². The molecule has 18 heavy (non-hydrogen) atoms. The molecule has 1 saturated heterocycles. The molecule has 0 saturated carbocycles. The van der Waals surface area contributed by atoms with Gasteiger partial charge < -0.3 is 9.84 Å². The molecule has 2 aromatic rings. The second-order valence-electron chi connectivity index (χ2n) is 4.23. The van der Waals surface area contributed by atoms with Gasteiger partial charge in [0.1, 0.15) is 5.82 Å². The predicted octanol–water partition coefficient (Wildman–Crippen LogP) is 2.95. The summed E-state index contributed by atoms with van der Waals surface area (Å²) in [7, 11) is 0. The Morgan fingerprint density at radius 3 is 3.06 bits per heavy atom. The van der Waals surface area contributed by atoms with E-state index in [4.69, 9.17) is 16.1 Å². The number of halogens is 2. The van der Waals surface area contributed by atoms with Gasteiger partial charge in [-0.2, -0.15) is 4.98 Å². The van der Waals surface area contributed by atoms with Crippen molar-refractivity contribution in [2.75, 3.05) is 6.54 Å². The van der Waals surface area contributed by atoms with Gasteiger partial charge in [0.05, 0.1) is 16.6 Å². The topological polar surface area (TPSA) is 51.0 Å². The fraction of sp³-hybridized carbons (Fsp3) is 0.333. The Balaban J connectivity index is 1.92. The number of hydrogen-bond acceptors (Lipinski definition) is 4. The van der Waals surface area contributed by atoms with Crippen molar-refractivity contribution in [2.24, 2.45) is 0 Å². The molecule has 6 heteroatoms. The minimum absolute atomic E-state index is 0.140. The lowest BCUT2D eigenvalue weighted by Gasteiger charge is -2.02. The third kappa shape index (κ3) is 2.11. The molecular weight excluding hydrogens is 257 g/mol. The van der Waals surface area contributed by atoms with E-state index >= 15 is 0 Å². The van der Waals surface area contributed by atoms with Gasteiger partial charge in [0.2, 0.25) is 0 Å². The smallest absolute Gasteiger partial charge is 0.259 e. The highest BCUT2D eigenvalue weighted by Crippen LogP contribution is 2.29. The third-order valence-corrected chi connectivity index (χ3v) is 3.29. The van der Waals surface area contributed by atoms with Gasteiger partial charge in [0, 0.05) is 0 Å². The molecule has 1 aromatic heterocycles. The second kappa shape index (κ2) is 4.66. The maximum atomic E-state index is 13.0. The normalized spacial score (nSPS) is 19.3. The van der Waals surface area contributed by atoms with Crippen LogP contribution in [0.3, 0.4) is 0 Å². The average molecular weight is 268 g/mol. The Labute approximate surface area is 108 Å². The zero-order valence-electron chi connectivity index (χ0n) is 9.49. The zero-order chi connectivity index (χ0) is 12.5. The lowest BCUT2D eigenvalue weighted by molar-refractivity contribution is 0.412. The molecule has 1 atom stereocenters. The molecule has 0 aliphatic carbocycles. The van der Waals surface area contributed by atoms with E-state index in [2.05, 4.69) is 15.5 Å². The first kappa shape index (κ1) is 11.6. The molecule has 1 fully saturated rings. The molecule has 94 valence electrons. The molecule has 0 amide bonds. The van der Waals surface area contributed by atoms with Crippen molar-refractivity contribution in [3.8, 4) is 11.5 Å². The van der Waals surface area contributed by atoms with Crippen LogP contribution < -0.4 is 5.32 Å². The molecule has 1 N–H and O–H groups in total. The highest BCUT2D eigenvalue weighted by atomic mass is 35.5. The number of aromatic nitrogens is 2. The summed E-state index contributed by atoms with van der Waals surface area (Å²) in [6.45, 7) is 0.964. The summed E-state index contributed by atoms with van der Waals surface area (Å²) >= 11 is 5.95. The van der Waals surface area contributed by atoms with E-state index in [-0.39, 0.29) is 16.9 Å². The van der Waals surface area contributed by atoms with Crippen LogP contribution in [0.1, 0.15) is 24.7 Å². The molecule has 1 aliphatic heterocycles. The van der Waals surface area contributed by atoms with E-state index in [1.807, 2.05) is 0 Å². The highest BCUT2D eigenvalue weighted by Gasteiger charge is 2.22. The molecule has 0 radical (unpaired) electrons. The van der Waals surface area contributed by atoms with E-state index in [9.17, 15) is 4.39 Å². The molecule has 1 aromatic carbocycles. The van der Waals surface area contributed by atoms with Crippen molar-refractivity contribution >= 4 is 11.6 Å². The van der Waals surface area contributed by atoms with Crippen LogP contribution in [-0.2, 0) is 0 Å². The van der Waals surface area contributed by atoms with Crippen LogP contribution in [-0.4, -0.2) is 16.7 Å². The molecule has 2 heterocycles. The predicted molar refractivity (Wildman–Crippen MR) is 64.7 cm³/mol. The minimum atomic E-state index is -0.388. The largest absolute Gasteiger partial charge is 0.334 e. The van der Waals surface area contributed by atoms with Crippen molar-refractivity contribution in [2.45, 2.75) is 18.9 Å². The third-order valence-electron chi connectivity index (χ3n) is 2.98. The maximum absolute atomic E-state index is 13.0. The number of hydrogen-bond donors (Lipinski definition) is 1. The molecule has 0 bridgehead atoms. The summed E-state index contributed by atoms with van der Waals surface area (Å²) in [6.07, 6.45) is 2.10. The zero-order valence-corrected chi connectivity index (χ0v) is 10.2. The standard InChI is InChI=1S/C12H11ClFN3O/c13-9-6-7(14)3-4-8(9)12-16-11(17-18-12)10-2-1-5-15-10/h3-4,6,10,15H,1-2,5H2. The fourth-order valence-corrected chi connectivity index (χ4v) is 2.30. The minimum Gasteiger partial charge on any atom is -0.334 e. The maximum Gasteiger partial charge on any atom is 0.259 e. The van der Waals surface area contributed by atoms with Crippen LogP contribution in [0.25, 0.3) is 11.5 Å². The lowest BCUT2D eigenvalue weighted by Crippen LogP contribution is -2.14. The van der Waals surface area contributed by atoms with E-state index in [0.29, 0.717) is 17.3 Å². The van der Waals surface area contributed by atoms with Gasteiger partial charge in [0.15, 0.2) is 5.82 Å². The van der Waals surface area contributed by atoms with Gasteiger partial charge in [0.25, 0.3) is 5.89 Å². The molecule has 1 unspecified atom stereocenters. The van der Waals surface area contributed by atoms with E-state index in [0.717, 1.165) is 19.4 Å². The van der Waals surface area contributed by atoms with E-state index < -0.39 is 0 Å². The number of nitrogens with zero attached hydrogens (tertiary/aromatic N) is 2. The summed E-state index contributed by atoms with van der Waals surface area (Å²) in [6, 6.07) is 4.23. The van der Waals surface area contributed by atoms with Gasteiger partial charge in [-0.15, -0.1) is 0 Å². The second-order valence-corrected chi connectivity index (χ2v) is 4.64. The Morgan fingerprint density at radius 2 is 2.33 bits per heavy atom. The number of rotatable bonds is 2. The molecule has 1 aliphatic rings. The Kier molecular flexibility index (Phi) is 3.01. The molecular formula is C12H11ClFN3O. The number of nitrogens with one attached hydrogen (secondary N) is 1. The van der Waals surface area contributed by atoms with E-state index in [1.165, 1.54) is 18.2 Å². The lowest BCUT2D eigenvalue weighted by atomic mass is 10.2. The summed E-state index contributed by atoms with van der Waals surface area (Å²) in [5.74, 6) is 0.563. The Morgan fingerprint density at radius 1 is 1.44 bits per heavy atom.